The third-order valence-electron chi connectivity index (χ3n) is 5.89. The molecule has 4 N–H and O–H groups in total. The molecule has 0 aromatic carbocycles. The monoisotopic (exact) mass is 372 g/mol. The summed E-state index contributed by atoms with van der Waals surface area (Å²) < 4.78 is 0. The van der Waals surface area contributed by atoms with Crippen molar-refractivity contribution in [3.8, 4) is 0 Å². The Bertz CT molecular complexity index is 373. The summed E-state index contributed by atoms with van der Waals surface area (Å²) >= 11 is 0. The highest BCUT2D eigenvalue weighted by Gasteiger charge is 2.44. The number of hydrogen-bond donors (Lipinski definition) is 4. The molecule has 5 unspecified atom stereocenters. The molecule has 5 heteroatoms. The van der Waals surface area contributed by atoms with Gasteiger partial charge in [-0.05, 0) is 31.6 Å². The van der Waals surface area contributed by atoms with Crippen LogP contribution in [0.1, 0.15) is 96.8 Å². The maximum atomic E-state index is 10.6. The number of hydrogen-bond acceptors (Lipinski definition) is 4. The zero-order valence-electron chi connectivity index (χ0n) is 16.5. The number of aliphatic hydroxyl groups excluding tert-OH is 3. The van der Waals surface area contributed by atoms with Crippen molar-refractivity contribution < 1.29 is 25.2 Å². The van der Waals surface area contributed by atoms with Crippen LogP contribution in [0.4, 0.5) is 0 Å². The fourth-order valence-corrected chi connectivity index (χ4v) is 4.38. The van der Waals surface area contributed by atoms with Crippen LogP contribution in [0.5, 0.6) is 0 Å². The van der Waals surface area contributed by atoms with E-state index in [9.17, 15) is 20.1 Å². The van der Waals surface area contributed by atoms with Crippen LogP contribution >= 0.6 is 0 Å². The number of rotatable bonds is 15. The topological polar surface area (TPSA) is 98.0 Å². The Balaban J connectivity index is 2.28. The van der Waals surface area contributed by atoms with Crippen molar-refractivity contribution >= 4 is 5.97 Å². The number of unbranched alkanes of at least 4 members (excludes halogenated alkanes) is 8. The Hall–Kier alpha value is -0.650. The maximum Gasteiger partial charge on any atom is 0.303 e. The van der Waals surface area contributed by atoms with E-state index in [0.717, 1.165) is 51.4 Å². The highest BCUT2D eigenvalue weighted by Crippen LogP contribution is 2.39. The van der Waals surface area contributed by atoms with Gasteiger partial charge in [0.15, 0.2) is 0 Å². The van der Waals surface area contributed by atoms with E-state index in [-0.39, 0.29) is 18.3 Å². The molecule has 0 spiro atoms. The van der Waals surface area contributed by atoms with Crippen molar-refractivity contribution in [2.45, 2.75) is 115 Å². The summed E-state index contributed by atoms with van der Waals surface area (Å²) in [5.74, 6) is -0.961. The minimum Gasteiger partial charge on any atom is -0.481 e. The average molecular weight is 373 g/mol. The summed E-state index contributed by atoms with van der Waals surface area (Å²) in [7, 11) is 0. The molecular formula is C21H40O5. The van der Waals surface area contributed by atoms with Crippen LogP contribution < -0.4 is 0 Å². The molecular weight excluding hydrogens is 332 g/mol. The molecule has 0 saturated heterocycles. The molecule has 26 heavy (non-hydrogen) atoms. The Morgan fingerprint density at radius 2 is 1.54 bits per heavy atom. The van der Waals surface area contributed by atoms with E-state index in [0.29, 0.717) is 12.8 Å². The largest absolute Gasteiger partial charge is 0.481 e. The molecule has 1 rings (SSSR count). The molecule has 1 aliphatic carbocycles. The minimum absolute atomic E-state index is 0.0188. The summed E-state index contributed by atoms with van der Waals surface area (Å²) in [6, 6.07) is 0. The molecule has 0 aliphatic heterocycles. The van der Waals surface area contributed by atoms with Gasteiger partial charge in [0.2, 0.25) is 0 Å². The third-order valence-corrected chi connectivity index (χ3v) is 5.89. The van der Waals surface area contributed by atoms with Crippen LogP contribution in [-0.2, 0) is 4.79 Å². The first-order valence-corrected chi connectivity index (χ1v) is 10.7. The van der Waals surface area contributed by atoms with Gasteiger partial charge in [0, 0.05) is 12.3 Å². The standard InChI is InChI=1S/C21H40O5/c1-2-3-4-6-10-13-17(22)21-16(18(23)15-19(21)24)12-9-7-5-8-11-14-20(25)26/h16-19,21-24H,2-15H2,1H3,(H,25,26). The maximum absolute atomic E-state index is 10.6. The molecule has 0 bridgehead atoms. The number of carboxylic acid groups (broad SMARTS) is 1. The number of aliphatic carboxylic acids is 1. The van der Waals surface area contributed by atoms with Crippen molar-refractivity contribution in [2.24, 2.45) is 11.8 Å². The Morgan fingerprint density at radius 1 is 0.923 bits per heavy atom. The van der Waals surface area contributed by atoms with E-state index >= 15 is 0 Å². The van der Waals surface area contributed by atoms with E-state index in [1.54, 1.807) is 0 Å². The Kier molecular flexibility index (Phi) is 12.2. The predicted molar refractivity (Wildman–Crippen MR) is 103 cm³/mol. The van der Waals surface area contributed by atoms with Gasteiger partial charge in [-0.1, -0.05) is 64.7 Å². The normalized spacial score (nSPS) is 26.9. The lowest BCUT2D eigenvalue weighted by Gasteiger charge is -2.28. The number of aliphatic hydroxyl groups is 3. The first-order chi connectivity index (χ1) is 12.5. The van der Waals surface area contributed by atoms with Gasteiger partial charge in [0.05, 0.1) is 18.3 Å². The predicted octanol–water partition coefficient (Wildman–Crippen LogP) is 3.88. The van der Waals surface area contributed by atoms with Crippen LogP contribution in [0.3, 0.4) is 0 Å². The van der Waals surface area contributed by atoms with Crippen molar-refractivity contribution in [3.63, 3.8) is 0 Å². The first-order valence-electron chi connectivity index (χ1n) is 10.7. The summed E-state index contributed by atoms with van der Waals surface area (Å²) in [5.41, 5.74) is 0. The van der Waals surface area contributed by atoms with Crippen molar-refractivity contribution in [2.75, 3.05) is 0 Å². The van der Waals surface area contributed by atoms with E-state index in [1.165, 1.54) is 19.3 Å². The van der Waals surface area contributed by atoms with Crippen molar-refractivity contribution in [1.29, 1.82) is 0 Å². The zero-order chi connectivity index (χ0) is 19.4. The zero-order valence-corrected chi connectivity index (χ0v) is 16.5. The fourth-order valence-electron chi connectivity index (χ4n) is 4.38. The van der Waals surface area contributed by atoms with Gasteiger partial charge in [-0.2, -0.15) is 0 Å². The molecule has 5 atom stereocenters. The van der Waals surface area contributed by atoms with Gasteiger partial charge >= 0.3 is 5.97 Å². The van der Waals surface area contributed by atoms with Gasteiger partial charge in [0.25, 0.3) is 0 Å². The van der Waals surface area contributed by atoms with Gasteiger partial charge in [-0.15, -0.1) is 0 Å². The molecule has 1 saturated carbocycles. The summed E-state index contributed by atoms with van der Waals surface area (Å²) in [4.78, 5) is 10.5. The van der Waals surface area contributed by atoms with Gasteiger partial charge < -0.3 is 20.4 Å². The molecule has 0 aromatic heterocycles. The second-order valence-corrected chi connectivity index (χ2v) is 8.08. The summed E-state index contributed by atoms with van der Waals surface area (Å²) in [6.07, 6.45) is 10.9. The van der Waals surface area contributed by atoms with Crippen LogP contribution in [0, 0.1) is 11.8 Å². The summed E-state index contributed by atoms with van der Waals surface area (Å²) in [6.45, 7) is 2.18. The SMILES string of the molecule is CCCCCCCC(O)C1C(O)CC(O)C1CCCCCCCC(=O)O. The minimum atomic E-state index is -0.736. The second kappa shape index (κ2) is 13.5. The molecule has 1 fully saturated rings. The molecule has 0 radical (unpaired) electrons. The number of carboxylic acids is 1. The molecule has 0 heterocycles. The van der Waals surface area contributed by atoms with Crippen LogP contribution in [-0.4, -0.2) is 44.7 Å². The average Bonchev–Trinajstić information content (AvgIpc) is 2.87. The van der Waals surface area contributed by atoms with Crippen LogP contribution in [0.25, 0.3) is 0 Å². The van der Waals surface area contributed by atoms with Crippen LogP contribution in [0.2, 0.25) is 0 Å². The fraction of sp³-hybridized carbons (Fsp3) is 0.952. The Labute approximate surface area is 158 Å². The lowest BCUT2D eigenvalue weighted by molar-refractivity contribution is -0.137. The molecule has 154 valence electrons. The van der Waals surface area contributed by atoms with Crippen molar-refractivity contribution in [1.82, 2.24) is 0 Å². The third kappa shape index (κ3) is 8.83. The first kappa shape index (κ1) is 23.4. The molecule has 1 aliphatic rings. The second-order valence-electron chi connectivity index (χ2n) is 8.08. The lowest BCUT2D eigenvalue weighted by Crippen LogP contribution is -2.33. The molecule has 0 amide bonds. The van der Waals surface area contributed by atoms with Gasteiger partial charge in [-0.3, -0.25) is 4.79 Å². The van der Waals surface area contributed by atoms with Gasteiger partial charge in [-0.25, -0.2) is 0 Å². The lowest BCUT2D eigenvalue weighted by atomic mass is 9.83. The highest BCUT2D eigenvalue weighted by atomic mass is 16.4. The van der Waals surface area contributed by atoms with Crippen LogP contribution in [0.15, 0.2) is 0 Å². The molecule has 0 aromatic rings. The molecule has 5 nitrogen and oxygen atoms in total. The quantitative estimate of drug-likeness (QED) is 0.327. The summed E-state index contributed by atoms with van der Waals surface area (Å²) in [5, 5.41) is 39.8. The highest BCUT2D eigenvalue weighted by molar-refractivity contribution is 5.66. The van der Waals surface area contributed by atoms with E-state index in [1.807, 2.05) is 0 Å². The van der Waals surface area contributed by atoms with Crippen molar-refractivity contribution in [3.05, 3.63) is 0 Å². The van der Waals surface area contributed by atoms with E-state index in [4.69, 9.17) is 5.11 Å². The Morgan fingerprint density at radius 3 is 2.23 bits per heavy atom. The van der Waals surface area contributed by atoms with E-state index < -0.39 is 24.3 Å². The van der Waals surface area contributed by atoms with Gasteiger partial charge in [0.1, 0.15) is 0 Å². The number of carbonyl (C=O) groups is 1. The van der Waals surface area contributed by atoms with E-state index in [2.05, 4.69) is 6.92 Å². The smallest absolute Gasteiger partial charge is 0.303 e.